The molecule has 0 bridgehead atoms. The fourth-order valence-electron chi connectivity index (χ4n) is 5.67. The molecule has 3 unspecified atom stereocenters. The second-order valence-corrected chi connectivity index (χ2v) is 12.0. The van der Waals surface area contributed by atoms with E-state index in [1.807, 2.05) is 88.4 Å². The topological polar surface area (TPSA) is 120 Å². The lowest BCUT2D eigenvalue weighted by molar-refractivity contribution is -0.155. The largest absolute Gasteiger partial charge is 0.375 e. The molecule has 0 aromatic heterocycles. The molecule has 2 aliphatic rings. The molecule has 0 spiro atoms. The van der Waals surface area contributed by atoms with Gasteiger partial charge < -0.3 is 29.7 Å². The first-order chi connectivity index (χ1) is 19.9. The maximum Gasteiger partial charge on any atom is 0.253 e. The van der Waals surface area contributed by atoms with Gasteiger partial charge in [-0.3, -0.25) is 19.7 Å². The van der Waals surface area contributed by atoms with E-state index in [0.717, 1.165) is 5.56 Å². The van der Waals surface area contributed by atoms with Gasteiger partial charge in [0.05, 0.1) is 18.3 Å². The van der Waals surface area contributed by atoms with Gasteiger partial charge in [0.1, 0.15) is 12.6 Å². The normalized spacial score (nSPS) is 22.5. The average Bonchev–Trinajstić information content (AvgIpc) is 3.32. The van der Waals surface area contributed by atoms with Crippen molar-refractivity contribution in [2.75, 3.05) is 20.3 Å². The lowest BCUT2D eigenvalue weighted by Gasteiger charge is -2.46. The molecule has 2 aromatic rings. The molecule has 1 saturated heterocycles. The van der Waals surface area contributed by atoms with Crippen LogP contribution in [-0.4, -0.2) is 76.5 Å². The van der Waals surface area contributed by atoms with Gasteiger partial charge in [0.25, 0.3) is 11.8 Å². The first-order valence-corrected chi connectivity index (χ1v) is 14.2. The number of nitrogens with zero attached hydrogens (tertiary/aromatic N) is 2. The minimum absolute atomic E-state index is 0.100. The number of carbonyl (C=O) groups excluding carboxylic acids is 3. The van der Waals surface area contributed by atoms with E-state index < -0.39 is 35.5 Å². The Kier molecular flexibility index (Phi) is 9.52. The van der Waals surface area contributed by atoms with Crippen LogP contribution in [0.5, 0.6) is 0 Å². The molecule has 226 valence electrons. The molecule has 4 rings (SSSR count). The third-order valence-corrected chi connectivity index (χ3v) is 7.53. The maximum atomic E-state index is 14.7. The van der Waals surface area contributed by atoms with Crippen molar-refractivity contribution in [1.29, 1.82) is 0 Å². The van der Waals surface area contributed by atoms with Crippen LogP contribution in [0, 0.1) is 5.92 Å². The first-order valence-electron chi connectivity index (χ1n) is 14.2. The van der Waals surface area contributed by atoms with Crippen LogP contribution in [0.4, 0.5) is 0 Å². The van der Waals surface area contributed by atoms with Crippen LogP contribution in [0.15, 0.2) is 66.9 Å². The maximum absolute atomic E-state index is 14.7. The Balaban J connectivity index is 1.91. The summed E-state index contributed by atoms with van der Waals surface area (Å²) in [6.07, 6.45) is 0.660. The van der Waals surface area contributed by atoms with Gasteiger partial charge in [-0.15, -0.1) is 0 Å². The average molecular weight is 579 g/mol. The molecule has 4 atom stereocenters. The Morgan fingerprint density at radius 3 is 2.29 bits per heavy atom. The summed E-state index contributed by atoms with van der Waals surface area (Å²) in [7, 11) is 1.44. The molecule has 3 N–H and O–H groups in total. The molecule has 0 radical (unpaired) electrons. The highest BCUT2D eigenvalue weighted by Gasteiger charge is 2.50. The summed E-state index contributed by atoms with van der Waals surface area (Å²) in [4.78, 5) is 43.4. The lowest BCUT2D eigenvalue weighted by atomic mass is 9.89. The summed E-state index contributed by atoms with van der Waals surface area (Å²) in [5.41, 5.74) is -0.392. The molecule has 2 aromatic carbocycles. The van der Waals surface area contributed by atoms with Crippen molar-refractivity contribution >= 4 is 23.4 Å². The molecule has 1 fully saturated rings. The first kappa shape index (κ1) is 31.4. The lowest BCUT2D eigenvalue weighted by Crippen LogP contribution is -2.63. The van der Waals surface area contributed by atoms with Crippen molar-refractivity contribution < 1.29 is 29.0 Å². The van der Waals surface area contributed by atoms with Crippen molar-refractivity contribution in [3.63, 3.8) is 0 Å². The highest BCUT2D eigenvalue weighted by molar-refractivity contribution is 5.98. The molecular weight excluding hydrogens is 536 g/mol. The van der Waals surface area contributed by atoms with Crippen LogP contribution in [0.2, 0.25) is 0 Å². The van der Waals surface area contributed by atoms with E-state index in [1.165, 1.54) is 18.9 Å². The number of amides is 3. The Morgan fingerprint density at radius 2 is 1.76 bits per heavy atom. The van der Waals surface area contributed by atoms with Gasteiger partial charge in [-0.25, -0.2) is 0 Å². The van der Waals surface area contributed by atoms with Gasteiger partial charge in [0, 0.05) is 32.2 Å². The van der Waals surface area contributed by atoms with E-state index in [-0.39, 0.29) is 30.8 Å². The van der Waals surface area contributed by atoms with Gasteiger partial charge in [-0.05, 0) is 30.9 Å². The molecule has 42 heavy (non-hydrogen) atoms. The van der Waals surface area contributed by atoms with Crippen LogP contribution in [-0.2, 0) is 23.9 Å². The fraction of sp³-hybridized carbons (Fsp3) is 0.469. The van der Waals surface area contributed by atoms with Crippen LogP contribution < -0.4 is 10.6 Å². The number of benzene rings is 2. The number of rotatable bonds is 10. The third-order valence-electron chi connectivity index (χ3n) is 7.53. The predicted octanol–water partition coefficient (Wildman–Crippen LogP) is 3.01. The van der Waals surface area contributed by atoms with Gasteiger partial charge in [-0.1, -0.05) is 74.5 Å². The van der Waals surface area contributed by atoms with Crippen molar-refractivity contribution in [2.45, 2.75) is 70.6 Å². The molecular formula is C32H42N4O6. The third kappa shape index (κ3) is 6.73. The number of methoxy groups -OCH3 is 1. The smallest absolute Gasteiger partial charge is 0.253 e. The summed E-state index contributed by atoms with van der Waals surface area (Å²) < 4.78 is 11.1. The fourth-order valence-corrected chi connectivity index (χ4v) is 5.67. The minimum atomic E-state index is -1.89. The SMILES string of the molecule is COCC(=O)N1C=C(c2ccccc2)N(C(CC(O)(NC(C)=O)[C@H]2NC(C)(C)CO2)c2ccccc2)C(=O)C1C(C)C. The Hall–Kier alpha value is -3.57. The van der Waals surface area contributed by atoms with Crippen molar-refractivity contribution in [2.24, 2.45) is 5.92 Å². The van der Waals surface area contributed by atoms with E-state index in [1.54, 1.807) is 11.1 Å². The standard InChI is InChI=1S/C32H42N4O6/c1-21(2)28-29(39)36(26(24-15-11-8-12-16-24)18-35(28)27(38)19-41-6)25(23-13-9-7-10-14-23)17-32(40,33-22(3)37)30-34-31(4,5)20-42-30/h7-16,18,21,25,28,30,34,40H,17,19-20H2,1-6H3,(H,33,37)/t25?,28?,30-,32?/m0/s1. The van der Waals surface area contributed by atoms with Gasteiger partial charge >= 0.3 is 0 Å². The highest BCUT2D eigenvalue weighted by atomic mass is 16.5. The van der Waals surface area contributed by atoms with E-state index >= 15 is 0 Å². The quantitative estimate of drug-likeness (QED) is 0.371. The van der Waals surface area contributed by atoms with Crippen LogP contribution in [0.3, 0.4) is 0 Å². The minimum Gasteiger partial charge on any atom is -0.375 e. The molecule has 0 aliphatic carbocycles. The summed E-state index contributed by atoms with van der Waals surface area (Å²) >= 11 is 0. The highest BCUT2D eigenvalue weighted by Crippen LogP contribution is 2.41. The van der Waals surface area contributed by atoms with Crippen LogP contribution in [0.1, 0.15) is 58.2 Å². The Labute approximate surface area is 247 Å². The zero-order valence-corrected chi connectivity index (χ0v) is 25.2. The number of hydrogen-bond acceptors (Lipinski definition) is 7. The monoisotopic (exact) mass is 578 g/mol. The molecule has 10 heteroatoms. The van der Waals surface area contributed by atoms with Crippen molar-refractivity contribution in [3.05, 3.63) is 78.0 Å². The summed E-state index contributed by atoms with van der Waals surface area (Å²) in [5, 5.41) is 18.1. The summed E-state index contributed by atoms with van der Waals surface area (Å²) in [6.45, 7) is 9.13. The summed E-state index contributed by atoms with van der Waals surface area (Å²) in [6, 6.07) is 17.1. The zero-order valence-electron chi connectivity index (χ0n) is 25.2. The molecule has 2 heterocycles. The van der Waals surface area contributed by atoms with E-state index in [2.05, 4.69) is 10.6 Å². The van der Waals surface area contributed by atoms with Crippen molar-refractivity contribution in [1.82, 2.24) is 20.4 Å². The van der Waals surface area contributed by atoms with Crippen LogP contribution >= 0.6 is 0 Å². The molecule has 3 amide bonds. The Morgan fingerprint density at radius 1 is 1.14 bits per heavy atom. The second kappa shape index (κ2) is 12.7. The number of ether oxygens (including phenoxy) is 2. The second-order valence-electron chi connectivity index (χ2n) is 12.0. The molecule has 10 nitrogen and oxygen atoms in total. The summed E-state index contributed by atoms with van der Waals surface area (Å²) in [5.74, 6) is -1.33. The molecule has 2 aliphatic heterocycles. The Bertz CT molecular complexity index is 1300. The number of hydrogen-bond donors (Lipinski definition) is 3. The van der Waals surface area contributed by atoms with Gasteiger partial charge in [0.2, 0.25) is 5.91 Å². The number of nitrogens with one attached hydrogen (secondary N) is 2. The van der Waals surface area contributed by atoms with Crippen molar-refractivity contribution in [3.8, 4) is 0 Å². The van der Waals surface area contributed by atoms with E-state index in [0.29, 0.717) is 17.9 Å². The zero-order chi connectivity index (χ0) is 30.7. The molecule has 0 saturated carbocycles. The van der Waals surface area contributed by atoms with Gasteiger partial charge in [0.15, 0.2) is 12.0 Å². The van der Waals surface area contributed by atoms with E-state index in [9.17, 15) is 19.5 Å². The van der Waals surface area contributed by atoms with Crippen LogP contribution in [0.25, 0.3) is 5.70 Å². The number of aliphatic hydroxyl groups is 1. The van der Waals surface area contributed by atoms with E-state index in [4.69, 9.17) is 9.47 Å². The number of carbonyl (C=O) groups is 3. The predicted molar refractivity (Wildman–Crippen MR) is 158 cm³/mol. The van der Waals surface area contributed by atoms with Gasteiger partial charge in [-0.2, -0.15) is 0 Å².